The SMILES string of the molecule is CCN(Cc1sccc1Br)CC(F)(F)F. The fourth-order valence-corrected chi connectivity index (χ4v) is 2.69. The number of thiophene rings is 1. The lowest BCUT2D eigenvalue weighted by Gasteiger charge is -2.21. The molecule has 0 unspecified atom stereocenters. The smallest absolute Gasteiger partial charge is 0.290 e. The fraction of sp³-hybridized carbons (Fsp3) is 0.556. The quantitative estimate of drug-likeness (QED) is 0.815. The molecule has 0 N–H and O–H groups in total. The van der Waals surface area contributed by atoms with Crippen LogP contribution in [-0.4, -0.2) is 24.2 Å². The minimum absolute atomic E-state index is 0.342. The topological polar surface area (TPSA) is 3.24 Å². The van der Waals surface area contributed by atoms with Gasteiger partial charge in [-0.25, -0.2) is 0 Å². The molecule has 0 fully saturated rings. The Morgan fingerprint density at radius 1 is 1.47 bits per heavy atom. The van der Waals surface area contributed by atoms with Crippen LogP contribution in [0.4, 0.5) is 13.2 Å². The number of nitrogens with zero attached hydrogens (tertiary/aromatic N) is 1. The zero-order valence-electron chi connectivity index (χ0n) is 8.14. The van der Waals surface area contributed by atoms with Gasteiger partial charge in [0.05, 0.1) is 6.54 Å². The van der Waals surface area contributed by atoms with E-state index in [1.54, 1.807) is 6.92 Å². The van der Waals surface area contributed by atoms with Crippen molar-refractivity contribution >= 4 is 27.3 Å². The van der Waals surface area contributed by atoms with Crippen LogP contribution in [0.15, 0.2) is 15.9 Å². The van der Waals surface area contributed by atoms with Crippen LogP contribution in [0, 0.1) is 0 Å². The second-order valence-electron chi connectivity index (χ2n) is 3.11. The normalized spacial score (nSPS) is 12.4. The highest BCUT2D eigenvalue weighted by atomic mass is 79.9. The third-order valence-corrected chi connectivity index (χ3v) is 3.82. The van der Waals surface area contributed by atoms with Crippen molar-refractivity contribution in [2.45, 2.75) is 19.6 Å². The van der Waals surface area contributed by atoms with Gasteiger partial charge in [0.25, 0.3) is 0 Å². The van der Waals surface area contributed by atoms with Gasteiger partial charge in [-0.2, -0.15) is 13.2 Å². The van der Waals surface area contributed by atoms with Crippen molar-refractivity contribution < 1.29 is 13.2 Å². The summed E-state index contributed by atoms with van der Waals surface area (Å²) in [6.45, 7) is 1.61. The monoisotopic (exact) mass is 301 g/mol. The molecule has 1 rings (SSSR count). The third-order valence-electron chi connectivity index (χ3n) is 1.91. The van der Waals surface area contributed by atoms with Crippen molar-refractivity contribution in [3.63, 3.8) is 0 Å². The summed E-state index contributed by atoms with van der Waals surface area (Å²) in [5, 5.41) is 1.86. The van der Waals surface area contributed by atoms with Gasteiger partial charge in [0, 0.05) is 15.9 Å². The van der Waals surface area contributed by atoms with Crippen LogP contribution in [-0.2, 0) is 6.54 Å². The van der Waals surface area contributed by atoms with Gasteiger partial charge in [0.2, 0.25) is 0 Å². The highest BCUT2D eigenvalue weighted by Gasteiger charge is 2.30. The van der Waals surface area contributed by atoms with E-state index in [4.69, 9.17) is 0 Å². The van der Waals surface area contributed by atoms with E-state index in [-0.39, 0.29) is 0 Å². The maximum Gasteiger partial charge on any atom is 0.401 e. The number of alkyl halides is 3. The Labute approximate surface area is 99.0 Å². The molecular weight excluding hydrogens is 291 g/mol. The lowest BCUT2D eigenvalue weighted by atomic mass is 10.4. The first-order valence-electron chi connectivity index (χ1n) is 4.43. The van der Waals surface area contributed by atoms with Crippen LogP contribution >= 0.6 is 27.3 Å². The van der Waals surface area contributed by atoms with Gasteiger partial charge in [-0.05, 0) is 33.9 Å². The average molecular weight is 302 g/mol. The largest absolute Gasteiger partial charge is 0.401 e. The lowest BCUT2D eigenvalue weighted by Crippen LogP contribution is -2.33. The summed E-state index contributed by atoms with van der Waals surface area (Å²) in [6.07, 6.45) is -4.13. The van der Waals surface area contributed by atoms with E-state index in [0.29, 0.717) is 13.1 Å². The van der Waals surface area contributed by atoms with Gasteiger partial charge in [-0.3, -0.25) is 4.90 Å². The van der Waals surface area contributed by atoms with E-state index in [9.17, 15) is 13.2 Å². The van der Waals surface area contributed by atoms with Gasteiger partial charge in [0.15, 0.2) is 0 Å². The number of rotatable bonds is 4. The Morgan fingerprint density at radius 3 is 2.53 bits per heavy atom. The Morgan fingerprint density at radius 2 is 2.13 bits per heavy atom. The Kier molecular flexibility index (Phi) is 4.61. The lowest BCUT2D eigenvalue weighted by molar-refractivity contribution is -0.146. The zero-order valence-corrected chi connectivity index (χ0v) is 10.5. The van der Waals surface area contributed by atoms with Crippen molar-refractivity contribution in [3.05, 3.63) is 20.8 Å². The fourth-order valence-electron chi connectivity index (χ4n) is 1.17. The summed E-state index contributed by atoms with van der Waals surface area (Å²) < 4.78 is 37.4. The second-order valence-corrected chi connectivity index (χ2v) is 4.97. The van der Waals surface area contributed by atoms with Crippen molar-refractivity contribution in [2.75, 3.05) is 13.1 Å². The molecule has 0 aliphatic heterocycles. The molecule has 1 heterocycles. The molecule has 0 saturated heterocycles. The maximum absolute atomic E-state index is 12.2. The molecule has 6 heteroatoms. The first kappa shape index (κ1) is 13.0. The van der Waals surface area contributed by atoms with E-state index in [1.807, 2.05) is 11.4 Å². The van der Waals surface area contributed by atoms with Crippen LogP contribution in [0.5, 0.6) is 0 Å². The Balaban J connectivity index is 2.58. The molecule has 0 amide bonds. The molecule has 1 aromatic rings. The van der Waals surface area contributed by atoms with E-state index in [2.05, 4.69) is 15.9 Å². The zero-order chi connectivity index (χ0) is 11.5. The van der Waals surface area contributed by atoms with E-state index >= 15 is 0 Å². The first-order chi connectivity index (χ1) is 6.92. The number of hydrogen-bond donors (Lipinski definition) is 0. The standard InChI is InChI=1S/C9H11BrF3NS/c1-2-14(6-9(11,12)13)5-8-7(10)3-4-15-8/h3-4H,2,5-6H2,1H3. The van der Waals surface area contributed by atoms with E-state index < -0.39 is 12.7 Å². The van der Waals surface area contributed by atoms with Gasteiger partial charge in [-0.1, -0.05) is 6.92 Å². The van der Waals surface area contributed by atoms with Crippen LogP contribution in [0.3, 0.4) is 0 Å². The molecule has 15 heavy (non-hydrogen) atoms. The van der Waals surface area contributed by atoms with Gasteiger partial charge < -0.3 is 0 Å². The maximum atomic E-state index is 12.2. The summed E-state index contributed by atoms with van der Waals surface area (Å²) in [5.74, 6) is 0. The molecule has 1 aromatic heterocycles. The van der Waals surface area contributed by atoms with Crippen molar-refractivity contribution in [1.82, 2.24) is 4.90 Å². The average Bonchev–Trinajstić information content (AvgIpc) is 2.48. The van der Waals surface area contributed by atoms with Crippen molar-refractivity contribution in [3.8, 4) is 0 Å². The van der Waals surface area contributed by atoms with Gasteiger partial charge in [0.1, 0.15) is 0 Å². The van der Waals surface area contributed by atoms with Crippen molar-refractivity contribution in [1.29, 1.82) is 0 Å². The highest BCUT2D eigenvalue weighted by molar-refractivity contribution is 9.10. The molecule has 0 bridgehead atoms. The number of halogens is 4. The second kappa shape index (κ2) is 5.32. The van der Waals surface area contributed by atoms with Crippen LogP contribution < -0.4 is 0 Å². The summed E-state index contributed by atoms with van der Waals surface area (Å²) in [7, 11) is 0. The summed E-state index contributed by atoms with van der Waals surface area (Å²) in [4.78, 5) is 2.30. The van der Waals surface area contributed by atoms with Crippen LogP contribution in [0.1, 0.15) is 11.8 Å². The highest BCUT2D eigenvalue weighted by Crippen LogP contribution is 2.25. The molecule has 0 saturated carbocycles. The van der Waals surface area contributed by atoms with Gasteiger partial charge >= 0.3 is 6.18 Å². The molecule has 0 radical (unpaired) electrons. The molecule has 0 aliphatic rings. The molecular formula is C9H11BrF3NS. The first-order valence-corrected chi connectivity index (χ1v) is 6.10. The Hall–Kier alpha value is -0.0700. The minimum Gasteiger partial charge on any atom is -0.290 e. The summed E-state index contributed by atoms with van der Waals surface area (Å²) in [5.41, 5.74) is 0. The van der Waals surface area contributed by atoms with E-state index in [0.717, 1.165) is 9.35 Å². The predicted octanol–water partition coefficient (Wildman–Crippen LogP) is 3.89. The van der Waals surface area contributed by atoms with E-state index in [1.165, 1.54) is 16.2 Å². The van der Waals surface area contributed by atoms with Crippen molar-refractivity contribution in [2.24, 2.45) is 0 Å². The Bertz CT molecular complexity index is 311. The summed E-state index contributed by atoms with van der Waals surface area (Å²) >= 11 is 4.77. The molecule has 0 aliphatic carbocycles. The van der Waals surface area contributed by atoms with Crippen LogP contribution in [0.25, 0.3) is 0 Å². The minimum atomic E-state index is -4.13. The molecule has 0 aromatic carbocycles. The molecule has 0 spiro atoms. The molecule has 0 atom stereocenters. The third kappa shape index (κ3) is 4.53. The predicted molar refractivity (Wildman–Crippen MR) is 59.0 cm³/mol. The van der Waals surface area contributed by atoms with Crippen LogP contribution in [0.2, 0.25) is 0 Å². The molecule has 1 nitrogen and oxygen atoms in total. The van der Waals surface area contributed by atoms with Gasteiger partial charge in [-0.15, -0.1) is 11.3 Å². The summed E-state index contributed by atoms with van der Waals surface area (Å²) in [6, 6.07) is 1.85. The number of hydrogen-bond acceptors (Lipinski definition) is 2. The molecule has 86 valence electrons.